The number of carbonyl (C=O) groups is 3. The van der Waals surface area contributed by atoms with Crippen LogP contribution in [0.15, 0.2) is 0 Å². The van der Waals surface area contributed by atoms with Gasteiger partial charge in [0.25, 0.3) is 0 Å². The molecule has 6 nitrogen and oxygen atoms in total. The SMILES string of the molecule is CCCCCCCCCCCCCCCCCC(=O)OC[C@@H](COC(=O)CCCCCCCCCCCCCCCCCCCCC(C)CC)OC(=O)CCCCCCCCCCCCCCCCC(C)CC. The summed E-state index contributed by atoms with van der Waals surface area (Å²) in [5.41, 5.74) is 0. The number of esters is 3. The minimum Gasteiger partial charge on any atom is -0.462 e. The van der Waals surface area contributed by atoms with Crippen molar-refractivity contribution in [3.63, 3.8) is 0 Å². The highest BCUT2D eigenvalue weighted by Crippen LogP contribution is 2.20. The van der Waals surface area contributed by atoms with Gasteiger partial charge in [-0.25, -0.2) is 0 Å². The van der Waals surface area contributed by atoms with Crippen LogP contribution in [-0.4, -0.2) is 37.2 Å². The molecule has 0 saturated heterocycles. The van der Waals surface area contributed by atoms with Gasteiger partial charge in [0.2, 0.25) is 0 Å². The Bertz CT molecular complexity index is 1120. The second-order valence-electron chi connectivity index (χ2n) is 23.6. The molecule has 2 unspecified atom stereocenters. The molecule has 0 saturated carbocycles. The molecule has 0 aromatic carbocycles. The van der Waals surface area contributed by atoms with E-state index in [1.807, 2.05) is 0 Å². The summed E-state index contributed by atoms with van der Waals surface area (Å²) < 4.78 is 17.0. The van der Waals surface area contributed by atoms with Crippen LogP contribution in [-0.2, 0) is 28.6 Å². The summed E-state index contributed by atoms with van der Waals surface area (Å²) in [5, 5.41) is 0. The van der Waals surface area contributed by atoms with Gasteiger partial charge in [-0.15, -0.1) is 0 Å². The van der Waals surface area contributed by atoms with E-state index >= 15 is 0 Å². The van der Waals surface area contributed by atoms with Crippen LogP contribution in [0.5, 0.6) is 0 Å². The first-order valence-corrected chi connectivity index (χ1v) is 33.3. The molecule has 3 atom stereocenters. The zero-order valence-electron chi connectivity index (χ0n) is 50.3. The maximum Gasteiger partial charge on any atom is 0.306 e. The molecule has 0 spiro atoms. The zero-order chi connectivity index (χ0) is 53.2. The second kappa shape index (κ2) is 59.7. The molecule has 0 bridgehead atoms. The van der Waals surface area contributed by atoms with Crippen LogP contribution in [0.1, 0.15) is 381 Å². The molecule has 0 aromatic rings. The molecule has 0 heterocycles. The number of unbranched alkanes of at least 4 members (excludes halogenated alkanes) is 44. The first kappa shape index (κ1) is 71.4. The highest BCUT2D eigenvalue weighted by molar-refractivity contribution is 5.71. The van der Waals surface area contributed by atoms with Crippen LogP contribution >= 0.6 is 0 Å². The monoisotopic (exact) mass is 1030 g/mol. The first-order chi connectivity index (χ1) is 35.8. The molecule has 73 heavy (non-hydrogen) atoms. The highest BCUT2D eigenvalue weighted by Gasteiger charge is 2.20. The quantitative estimate of drug-likeness (QED) is 0.0343. The Labute approximate surface area is 457 Å². The van der Waals surface area contributed by atoms with E-state index in [9.17, 15) is 14.4 Å². The Morgan fingerprint density at radius 1 is 0.274 bits per heavy atom. The average Bonchev–Trinajstić information content (AvgIpc) is 3.39. The van der Waals surface area contributed by atoms with Gasteiger partial charge in [-0.2, -0.15) is 0 Å². The van der Waals surface area contributed by atoms with Gasteiger partial charge in [0.1, 0.15) is 13.2 Å². The van der Waals surface area contributed by atoms with Crippen LogP contribution in [0.4, 0.5) is 0 Å². The predicted octanol–water partition coefficient (Wildman–Crippen LogP) is 22.4. The standard InChI is InChI=1S/C67H130O6/c1-6-9-10-11-12-13-14-15-20-27-32-37-42-47-52-57-65(68)71-60-64(73-67(70)59-54-49-44-39-34-29-24-23-26-31-36-41-46-51-56-63(5)8-3)61-72-66(69)58-53-48-43-38-33-28-22-19-17-16-18-21-25-30-35-40-45-50-55-62(4)7-2/h62-64H,6-61H2,1-5H3/t62?,63?,64-/m0/s1. The third-order valence-corrected chi connectivity index (χ3v) is 16.2. The van der Waals surface area contributed by atoms with E-state index in [1.54, 1.807) is 0 Å². The second-order valence-corrected chi connectivity index (χ2v) is 23.6. The molecule has 6 heteroatoms. The van der Waals surface area contributed by atoms with E-state index < -0.39 is 6.10 Å². The summed E-state index contributed by atoms with van der Waals surface area (Å²) >= 11 is 0. The third-order valence-electron chi connectivity index (χ3n) is 16.2. The van der Waals surface area contributed by atoms with Crippen LogP contribution in [0.2, 0.25) is 0 Å². The van der Waals surface area contributed by atoms with Gasteiger partial charge in [-0.3, -0.25) is 14.4 Å². The smallest absolute Gasteiger partial charge is 0.306 e. The van der Waals surface area contributed by atoms with Crippen molar-refractivity contribution in [3.05, 3.63) is 0 Å². The van der Waals surface area contributed by atoms with Crippen molar-refractivity contribution < 1.29 is 28.6 Å². The minimum atomic E-state index is -0.764. The van der Waals surface area contributed by atoms with Crippen LogP contribution in [0.25, 0.3) is 0 Å². The molecule has 434 valence electrons. The number of rotatable bonds is 61. The van der Waals surface area contributed by atoms with Crippen molar-refractivity contribution in [3.8, 4) is 0 Å². The third kappa shape index (κ3) is 57.9. The van der Waals surface area contributed by atoms with Crippen molar-refractivity contribution >= 4 is 17.9 Å². The van der Waals surface area contributed by atoms with Crippen molar-refractivity contribution in [1.29, 1.82) is 0 Å². The van der Waals surface area contributed by atoms with E-state index in [0.29, 0.717) is 19.3 Å². The summed E-state index contributed by atoms with van der Waals surface area (Å²) in [5.74, 6) is 0.976. The van der Waals surface area contributed by atoms with E-state index in [4.69, 9.17) is 14.2 Å². The lowest BCUT2D eigenvalue weighted by molar-refractivity contribution is -0.167. The molecule has 0 radical (unpaired) electrons. The Kier molecular flexibility index (Phi) is 58.4. The Morgan fingerprint density at radius 2 is 0.479 bits per heavy atom. The molecule has 0 aliphatic carbocycles. The van der Waals surface area contributed by atoms with Gasteiger partial charge in [0.05, 0.1) is 0 Å². The van der Waals surface area contributed by atoms with Gasteiger partial charge in [0, 0.05) is 19.3 Å². The fourth-order valence-electron chi connectivity index (χ4n) is 10.4. The Hall–Kier alpha value is -1.59. The molecule has 0 aliphatic rings. The summed E-state index contributed by atoms with van der Waals surface area (Å²) in [4.78, 5) is 38.4. The molecular formula is C67H130O6. The molecule has 0 fully saturated rings. The van der Waals surface area contributed by atoms with Gasteiger partial charge >= 0.3 is 17.9 Å². The molecule has 0 N–H and O–H groups in total. The van der Waals surface area contributed by atoms with Crippen molar-refractivity contribution in [1.82, 2.24) is 0 Å². The van der Waals surface area contributed by atoms with E-state index in [1.165, 1.54) is 270 Å². The van der Waals surface area contributed by atoms with Crippen LogP contribution in [0, 0.1) is 11.8 Å². The Morgan fingerprint density at radius 3 is 0.712 bits per heavy atom. The number of carbonyl (C=O) groups excluding carboxylic acids is 3. The van der Waals surface area contributed by atoms with Crippen LogP contribution < -0.4 is 0 Å². The van der Waals surface area contributed by atoms with E-state index in [-0.39, 0.29) is 31.1 Å². The molecule has 0 rings (SSSR count). The summed E-state index contributed by atoms with van der Waals surface area (Å²) in [6, 6.07) is 0. The van der Waals surface area contributed by atoms with Crippen molar-refractivity contribution in [2.24, 2.45) is 11.8 Å². The summed E-state index contributed by atoms with van der Waals surface area (Å²) in [6.07, 6.45) is 66.6. The maximum atomic E-state index is 12.9. The van der Waals surface area contributed by atoms with Gasteiger partial charge in [-0.1, -0.05) is 343 Å². The van der Waals surface area contributed by atoms with Crippen molar-refractivity contribution in [2.45, 2.75) is 387 Å². The molecule has 0 aliphatic heterocycles. The van der Waals surface area contributed by atoms with Crippen molar-refractivity contribution in [2.75, 3.05) is 13.2 Å². The molecule has 0 aromatic heterocycles. The molecular weight excluding hydrogens is 901 g/mol. The molecule has 0 amide bonds. The fourth-order valence-corrected chi connectivity index (χ4v) is 10.4. The normalized spacial score (nSPS) is 12.8. The fraction of sp³-hybridized carbons (Fsp3) is 0.955. The predicted molar refractivity (Wildman–Crippen MR) is 316 cm³/mol. The Balaban J connectivity index is 4.26. The lowest BCUT2D eigenvalue weighted by Gasteiger charge is -2.18. The van der Waals surface area contributed by atoms with E-state index in [0.717, 1.165) is 69.6 Å². The van der Waals surface area contributed by atoms with Crippen LogP contribution in [0.3, 0.4) is 0 Å². The van der Waals surface area contributed by atoms with E-state index in [2.05, 4.69) is 34.6 Å². The first-order valence-electron chi connectivity index (χ1n) is 33.3. The maximum absolute atomic E-state index is 12.9. The zero-order valence-corrected chi connectivity index (χ0v) is 50.3. The van der Waals surface area contributed by atoms with Gasteiger partial charge in [-0.05, 0) is 31.1 Å². The minimum absolute atomic E-state index is 0.0616. The summed E-state index contributed by atoms with van der Waals surface area (Å²) in [6.45, 7) is 11.5. The topological polar surface area (TPSA) is 78.9 Å². The summed E-state index contributed by atoms with van der Waals surface area (Å²) in [7, 11) is 0. The number of ether oxygens (including phenoxy) is 3. The van der Waals surface area contributed by atoms with Gasteiger partial charge < -0.3 is 14.2 Å². The number of hydrogen-bond acceptors (Lipinski definition) is 6. The average molecular weight is 1030 g/mol. The lowest BCUT2D eigenvalue weighted by Crippen LogP contribution is -2.30. The highest BCUT2D eigenvalue weighted by atomic mass is 16.6. The number of hydrogen-bond donors (Lipinski definition) is 0. The largest absolute Gasteiger partial charge is 0.462 e. The van der Waals surface area contributed by atoms with Gasteiger partial charge in [0.15, 0.2) is 6.10 Å². The lowest BCUT2D eigenvalue weighted by atomic mass is 9.99.